The Morgan fingerprint density at radius 1 is 1.45 bits per heavy atom. The first-order chi connectivity index (χ1) is 9.45. The fourth-order valence-corrected chi connectivity index (χ4v) is 2.28. The molecule has 1 rings (SSSR count). The fraction of sp³-hybridized carbons (Fsp3) is 0.857. The zero-order valence-corrected chi connectivity index (χ0v) is 12.6. The third kappa shape index (κ3) is 5.00. The molecule has 1 saturated heterocycles. The van der Waals surface area contributed by atoms with Gasteiger partial charge >= 0.3 is 12.0 Å². The van der Waals surface area contributed by atoms with E-state index in [0.717, 1.165) is 19.3 Å². The maximum absolute atomic E-state index is 12.1. The lowest BCUT2D eigenvalue weighted by Crippen LogP contribution is -2.53. The lowest BCUT2D eigenvalue weighted by Gasteiger charge is -2.33. The molecule has 2 N–H and O–H groups in total. The number of urea groups is 1. The summed E-state index contributed by atoms with van der Waals surface area (Å²) in [5, 5.41) is 11.7. The smallest absolute Gasteiger partial charge is 0.326 e. The van der Waals surface area contributed by atoms with Gasteiger partial charge in [-0.05, 0) is 25.2 Å². The van der Waals surface area contributed by atoms with Crippen LogP contribution in [0.25, 0.3) is 0 Å². The van der Waals surface area contributed by atoms with Gasteiger partial charge in [-0.15, -0.1) is 0 Å². The highest BCUT2D eigenvalue weighted by Gasteiger charge is 2.29. The normalized spacial score (nSPS) is 20.8. The summed E-state index contributed by atoms with van der Waals surface area (Å²) in [6.07, 6.45) is 2.87. The van der Waals surface area contributed by atoms with Crippen LogP contribution >= 0.6 is 0 Å². The molecule has 6 heteroatoms. The van der Waals surface area contributed by atoms with Crippen molar-refractivity contribution < 1.29 is 19.4 Å². The largest absolute Gasteiger partial charge is 0.480 e. The van der Waals surface area contributed by atoms with Crippen molar-refractivity contribution in [2.45, 2.75) is 52.2 Å². The van der Waals surface area contributed by atoms with Crippen molar-refractivity contribution >= 4 is 12.0 Å². The number of carboxylic acids is 1. The summed E-state index contributed by atoms with van der Waals surface area (Å²) in [5.41, 5.74) is 0. The maximum atomic E-state index is 12.1. The SMILES string of the molecule is CCCOC1CCCN(C(=O)N[C@@H](C(=O)O)C(C)C)C1. The lowest BCUT2D eigenvalue weighted by molar-refractivity contribution is -0.140. The Morgan fingerprint density at radius 2 is 2.15 bits per heavy atom. The van der Waals surface area contributed by atoms with Crippen LogP contribution in [-0.4, -0.2) is 53.8 Å². The monoisotopic (exact) mass is 286 g/mol. The van der Waals surface area contributed by atoms with Crippen LogP contribution in [0, 0.1) is 5.92 Å². The lowest BCUT2D eigenvalue weighted by atomic mass is 10.0. The molecule has 116 valence electrons. The fourth-order valence-electron chi connectivity index (χ4n) is 2.28. The number of hydrogen-bond donors (Lipinski definition) is 2. The van der Waals surface area contributed by atoms with Crippen molar-refractivity contribution in [1.29, 1.82) is 0 Å². The molecule has 2 atom stereocenters. The Kier molecular flexibility index (Phi) is 6.78. The van der Waals surface area contributed by atoms with Crippen LogP contribution in [0.4, 0.5) is 4.79 Å². The molecule has 1 unspecified atom stereocenters. The third-order valence-electron chi connectivity index (χ3n) is 3.43. The van der Waals surface area contributed by atoms with Crippen molar-refractivity contribution in [2.24, 2.45) is 5.92 Å². The Balaban J connectivity index is 2.51. The second-order valence-electron chi connectivity index (χ2n) is 5.59. The predicted octanol–water partition coefficient (Wildman–Crippen LogP) is 1.70. The Morgan fingerprint density at radius 3 is 2.70 bits per heavy atom. The highest BCUT2D eigenvalue weighted by Crippen LogP contribution is 2.14. The third-order valence-corrected chi connectivity index (χ3v) is 3.43. The van der Waals surface area contributed by atoms with Gasteiger partial charge in [0, 0.05) is 19.7 Å². The van der Waals surface area contributed by atoms with Crippen molar-refractivity contribution in [3.63, 3.8) is 0 Å². The summed E-state index contributed by atoms with van der Waals surface area (Å²) < 4.78 is 5.67. The minimum atomic E-state index is -0.996. The van der Waals surface area contributed by atoms with Crippen LogP contribution in [0.3, 0.4) is 0 Å². The number of carboxylic acid groups (broad SMARTS) is 1. The van der Waals surface area contributed by atoms with Gasteiger partial charge in [0.2, 0.25) is 0 Å². The van der Waals surface area contributed by atoms with E-state index in [1.165, 1.54) is 0 Å². The van der Waals surface area contributed by atoms with E-state index in [4.69, 9.17) is 9.84 Å². The summed E-state index contributed by atoms with van der Waals surface area (Å²) in [6, 6.07) is -1.16. The number of ether oxygens (including phenoxy) is 1. The van der Waals surface area contributed by atoms with Gasteiger partial charge in [0.15, 0.2) is 0 Å². The predicted molar refractivity (Wildman–Crippen MR) is 75.6 cm³/mol. The number of piperidine rings is 1. The molecule has 0 radical (unpaired) electrons. The number of carbonyl (C=O) groups is 2. The number of rotatable bonds is 6. The molecule has 0 spiro atoms. The molecule has 0 bridgehead atoms. The molecule has 1 aliphatic rings. The minimum Gasteiger partial charge on any atom is -0.480 e. The Hall–Kier alpha value is -1.30. The molecule has 1 heterocycles. The highest BCUT2D eigenvalue weighted by atomic mass is 16.5. The zero-order chi connectivity index (χ0) is 15.1. The first kappa shape index (κ1) is 16.8. The topological polar surface area (TPSA) is 78.9 Å². The molecule has 0 aromatic heterocycles. The molecule has 20 heavy (non-hydrogen) atoms. The van der Waals surface area contributed by atoms with Gasteiger partial charge < -0.3 is 20.1 Å². The molecular weight excluding hydrogens is 260 g/mol. The summed E-state index contributed by atoms with van der Waals surface area (Å²) in [5.74, 6) is -1.14. The number of hydrogen-bond acceptors (Lipinski definition) is 3. The first-order valence-electron chi connectivity index (χ1n) is 7.35. The van der Waals surface area contributed by atoms with Gasteiger partial charge in [-0.25, -0.2) is 9.59 Å². The van der Waals surface area contributed by atoms with Gasteiger partial charge in [-0.2, -0.15) is 0 Å². The molecule has 6 nitrogen and oxygen atoms in total. The second-order valence-corrected chi connectivity index (χ2v) is 5.59. The minimum absolute atomic E-state index is 0.0665. The maximum Gasteiger partial charge on any atom is 0.326 e. The summed E-state index contributed by atoms with van der Waals surface area (Å²) in [7, 11) is 0. The Bertz CT molecular complexity index is 333. The first-order valence-corrected chi connectivity index (χ1v) is 7.35. The molecule has 0 aromatic rings. The molecule has 0 aliphatic carbocycles. The van der Waals surface area contributed by atoms with Crippen LogP contribution < -0.4 is 5.32 Å². The van der Waals surface area contributed by atoms with E-state index in [2.05, 4.69) is 5.32 Å². The van der Waals surface area contributed by atoms with Gasteiger partial charge in [0.25, 0.3) is 0 Å². The standard InChI is InChI=1S/C14H26N2O4/c1-4-8-20-11-6-5-7-16(9-11)14(19)15-12(10(2)3)13(17)18/h10-12H,4-9H2,1-3H3,(H,15,19)(H,17,18)/t11?,12-/m1/s1. The molecular formula is C14H26N2O4. The molecule has 2 amide bonds. The molecule has 0 aromatic carbocycles. The van der Waals surface area contributed by atoms with E-state index < -0.39 is 12.0 Å². The van der Waals surface area contributed by atoms with Crippen molar-refractivity contribution in [3.05, 3.63) is 0 Å². The van der Waals surface area contributed by atoms with Crippen LogP contribution in [0.5, 0.6) is 0 Å². The number of nitrogens with zero attached hydrogens (tertiary/aromatic N) is 1. The quantitative estimate of drug-likeness (QED) is 0.779. The van der Waals surface area contributed by atoms with E-state index in [0.29, 0.717) is 19.7 Å². The summed E-state index contributed by atoms with van der Waals surface area (Å²) in [4.78, 5) is 24.9. The molecule has 0 saturated carbocycles. The number of carbonyl (C=O) groups excluding carboxylic acids is 1. The number of aliphatic carboxylic acids is 1. The van der Waals surface area contributed by atoms with E-state index in [1.54, 1.807) is 18.7 Å². The van der Waals surface area contributed by atoms with Gasteiger partial charge in [-0.3, -0.25) is 0 Å². The van der Waals surface area contributed by atoms with Crippen LogP contribution in [0.1, 0.15) is 40.0 Å². The van der Waals surface area contributed by atoms with Crippen molar-refractivity contribution in [3.8, 4) is 0 Å². The average molecular weight is 286 g/mol. The molecule has 1 aliphatic heterocycles. The number of nitrogens with one attached hydrogen (secondary N) is 1. The van der Waals surface area contributed by atoms with E-state index in [1.807, 2.05) is 6.92 Å². The van der Waals surface area contributed by atoms with Crippen LogP contribution in [0.2, 0.25) is 0 Å². The van der Waals surface area contributed by atoms with Gasteiger partial charge in [0.1, 0.15) is 6.04 Å². The van der Waals surface area contributed by atoms with E-state index in [-0.39, 0.29) is 18.1 Å². The summed E-state index contributed by atoms with van der Waals surface area (Å²) in [6.45, 7) is 7.50. The zero-order valence-electron chi connectivity index (χ0n) is 12.6. The van der Waals surface area contributed by atoms with Crippen molar-refractivity contribution in [2.75, 3.05) is 19.7 Å². The summed E-state index contributed by atoms with van der Waals surface area (Å²) >= 11 is 0. The molecule has 1 fully saturated rings. The van der Waals surface area contributed by atoms with Gasteiger partial charge in [0.05, 0.1) is 6.10 Å². The van der Waals surface area contributed by atoms with Gasteiger partial charge in [-0.1, -0.05) is 20.8 Å². The van der Waals surface area contributed by atoms with E-state index in [9.17, 15) is 9.59 Å². The van der Waals surface area contributed by atoms with Crippen molar-refractivity contribution in [1.82, 2.24) is 10.2 Å². The highest BCUT2D eigenvalue weighted by molar-refractivity contribution is 5.82. The van der Waals surface area contributed by atoms with E-state index >= 15 is 0 Å². The number of likely N-dealkylation sites (tertiary alicyclic amines) is 1. The Labute approximate surface area is 120 Å². The van der Waals surface area contributed by atoms with Crippen LogP contribution in [0.15, 0.2) is 0 Å². The van der Waals surface area contributed by atoms with Crippen LogP contribution in [-0.2, 0) is 9.53 Å². The second kappa shape index (κ2) is 8.09. The average Bonchev–Trinajstić information content (AvgIpc) is 2.41. The number of amides is 2.